The van der Waals surface area contributed by atoms with Crippen molar-refractivity contribution >= 4 is 10.1 Å². The van der Waals surface area contributed by atoms with Crippen LogP contribution in [-0.4, -0.2) is 63.6 Å². The van der Waals surface area contributed by atoms with Gasteiger partial charge in [0, 0.05) is 0 Å². The van der Waals surface area contributed by atoms with Gasteiger partial charge in [-0.15, -0.1) is 0 Å². The van der Waals surface area contributed by atoms with Gasteiger partial charge in [-0.2, -0.15) is 8.42 Å². The molecule has 5 atom stereocenters. The standard InChI is InChI=1S/C13H22O8S/c1-12(2)16-6-7(18-12)8-9(21-22(5,14)15)10-11(17-8)20-13(3,4)19-10/h7-11H,6H2,1-5H3/t7-,8+,9-,10-,11-/m1/s1. The molecule has 0 amide bonds. The predicted molar refractivity (Wildman–Crippen MR) is 73.3 cm³/mol. The molecule has 0 N–H and O–H groups in total. The van der Waals surface area contributed by atoms with Crippen LogP contribution in [-0.2, 0) is 38.0 Å². The summed E-state index contributed by atoms with van der Waals surface area (Å²) in [5.41, 5.74) is 0. The third-order valence-electron chi connectivity index (χ3n) is 3.71. The molecule has 3 rings (SSSR count). The molecule has 0 aromatic rings. The lowest BCUT2D eigenvalue weighted by molar-refractivity contribution is -0.230. The Bertz CT molecular complexity index is 542. The smallest absolute Gasteiger partial charge is 0.264 e. The van der Waals surface area contributed by atoms with Crippen LogP contribution in [0.1, 0.15) is 27.7 Å². The van der Waals surface area contributed by atoms with E-state index in [1.807, 2.05) is 0 Å². The zero-order valence-electron chi connectivity index (χ0n) is 13.3. The van der Waals surface area contributed by atoms with Crippen LogP contribution in [0.2, 0.25) is 0 Å². The van der Waals surface area contributed by atoms with Gasteiger partial charge in [0.05, 0.1) is 12.9 Å². The maximum Gasteiger partial charge on any atom is 0.264 e. The van der Waals surface area contributed by atoms with E-state index in [1.165, 1.54) is 0 Å². The number of hydrogen-bond acceptors (Lipinski definition) is 8. The van der Waals surface area contributed by atoms with E-state index in [9.17, 15) is 8.42 Å². The second-order valence-electron chi connectivity index (χ2n) is 6.70. The van der Waals surface area contributed by atoms with Crippen LogP contribution >= 0.6 is 0 Å². The molecular formula is C13H22O8S. The van der Waals surface area contributed by atoms with Crippen LogP contribution in [0.4, 0.5) is 0 Å². The van der Waals surface area contributed by atoms with Crippen molar-refractivity contribution in [2.45, 2.75) is 70.0 Å². The van der Waals surface area contributed by atoms with Crippen molar-refractivity contribution in [3.63, 3.8) is 0 Å². The Labute approximate surface area is 130 Å². The summed E-state index contributed by atoms with van der Waals surface area (Å²) in [6.45, 7) is 7.32. The molecule has 0 aliphatic carbocycles. The molecule has 0 unspecified atom stereocenters. The first-order valence-corrected chi connectivity index (χ1v) is 8.99. The van der Waals surface area contributed by atoms with E-state index in [0.29, 0.717) is 0 Å². The monoisotopic (exact) mass is 338 g/mol. The van der Waals surface area contributed by atoms with Crippen LogP contribution < -0.4 is 0 Å². The third kappa shape index (κ3) is 3.30. The summed E-state index contributed by atoms with van der Waals surface area (Å²) in [7, 11) is -3.69. The first kappa shape index (κ1) is 16.6. The van der Waals surface area contributed by atoms with Crippen molar-refractivity contribution in [2.75, 3.05) is 12.9 Å². The molecule has 0 aromatic heterocycles. The molecule has 9 heteroatoms. The lowest BCUT2D eigenvalue weighted by Gasteiger charge is -2.28. The molecule has 3 aliphatic rings. The Balaban J connectivity index is 1.81. The maximum absolute atomic E-state index is 11.6. The molecule has 22 heavy (non-hydrogen) atoms. The van der Waals surface area contributed by atoms with Gasteiger partial charge in [0.25, 0.3) is 10.1 Å². The van der Waals surface area contributed by atoms with Crippen LogP contribution in [0.15, 0.2) is 0 Å². The minimum absolute atomic E-state index is 0.282. The van der Waals surface area contributed by atoms with E-state index in [2.05, 4.69) is 0 Å². The molecule has 3 saturated heterocycles. The average molecular weight is 338 g/mol. The number of ether oxygens (including phenoxy) is 5. The summed E-state index contributed by atoms with van der Waals surface area (Å²) in [6, 6.07) is 0. The predicted octanol–water partition coefficient (Wildman–Crippen LogP) is 0.359. The molecular weight excluding hydrogens is 316 g/mol. The highest BCUT2D eigenvalue weighted by atomic mass is 32.2. The normalized spacial score (nSPS) is 43.4. The summed E-state index contributed by atoms with van der Waals surface area (Å²) in [6.07, 6.45) is -2.29. The molecule has 3 aliphatic heterocycles. The maximum atomic E-state index is 11.6. The Morgan fingerprint density at radius 1 is 1.00 bits per heavy atom. The quantitative estimate of drug-likeness (QED) is 0.682. The van der Waals surface area contributed by atoms with E-state index >= 15 is 0 Å². The Morgan fingerprint density at radius 3 is 2.23 bits per heavy atom. The van der Waals surface area contributed by atoms with Crippen LogP contribution in [0.3, 0.4) is 0 Å². The highest BCUT2D eigenvalue weighted by Gasteiger charge is 2.59. The molecule has 3 fully saturated rings. The van der Waals surface area contributed by atoms with E-state index < -0.39 is 52.4 Å². The summed E-state index contributed by atoms with van der Waals surface area (Å²) in [5.74, 6) is -1.60. The molecule has 0 saturated carbocycles. The van der Waals surface area contributed by atoms with Gasteiger partial charge >= 0.3 is 0 Å². The number of rotatable bonds is 3. The molecule has 0 radical (unpaired) electrons. The highest BCUT2D eigenvalue weighted by molar-refractivity contribution is 7.86. The lowest BCUT2D eigenvalue weighted by Crippen LogP contribution is -2.45. The van der Waals surface area contributed by atoms with Gasteiger partial charge in [0.1, 0.15) is 24.4 Å². The van der Waals surface area contributed by atoms with Gasteiger partial charge in [0.15, 0.2) is 17.9 Å². The van der Waals surface area contributed by atoms with Crippen molar-refractivity contribution < 1.29 is 36.3 Å². The van der Waals surface area contributed by atoms with Crippen LogP contribution in [0.25, 0.3) is 0 Å². The van der Waals surface area contributed by atoms with Gasteiger partial charge in [-0.25, -0.2) is 0 Å². The van der Waals surface area contributed by atoms with E-state index in [-0.39, 0.29) is 6.61 Å². The number of hydrogen-bond donors (Lipinski definition) is 0. The highest BCUT2D eigenvalue weighted by Crippen LogP contribution is 2.42. The summed E-state index contributed by atoms with van der Waals surface area (Å²) < 4.78 is 56.8. The zero-order chi connectivity index (χ0) is 16.3. The topological polar surface area (TPSA) is 89.5 Å². The van der Waals surface area contributed by atoms with Gasteiger partial charge in [-0.3, -0.25) is 4.18 Å². The summed E-state index contributed by atoms with van der Waals surface area (Å²) in [4.78, 5) is 0. The van der Waals surface area contributed by atoms with Crippen LogP contribution in [0.5, 0.6) is 0 Å². The fourth-order valence-corrected chi connectivity index (χ4v) is 3.61. The van der Waals surface area contributed by atoms with Gasteiger partial charge in [-0.1, -0.05) is 0 Å². The molecule has 3 heterocycles. The van der Waals surface area contributed by atoms with Crippen molar-refractivity contribution in [3.8, 4) is 0 Å². The fraction of sp³-hybridized carbons (Fsp3) is 1.00. The molecule has 8 nitrogen and oxygen atoms in total. The second kappa shape index (κ2) is 5.10. The van der Waals surface area contributed by atoms with Gasteiger partial charge < -0.3 is 23.7 Å². The minimum Gasteiger partial charge on any atom is -0.348 e. The molecule has 0 aromatic carbocycles. The molecule has 0 spiro atoms. The Kier molecular flexibility index (Phi) is 3.84. The first-order valence-electron chi connectivity index (χ1n) is 7.17. The first-order chi connectivity index (χ1) is 9.96. The minimum atomic E-state index is -3.69. The SMILES string of the molecule is CC1(C)O[C@H]2O[C@@H]([C@H]3COC(C)(C)O3)[C@@H](OS(C)(=O)=O)[C@H]2O1. The third-order valence-corrected chi connectivity index (χ3v) is 4.28. The van der Waals surface area contributed by atoms with Crippen molar-refractivity contribution in [1.29, 1.82) is 0 Å². The molecule has 128 valence electrons. The van der Waals surface area contributed by atoms with Crippen molar-refractivity contribution in [3.05, 3.63) is 0 Å². The van der Waals surface area contributed by atoms with E-state index in [4.69, 9.17) is 27.9 Å². The van der Waals surface area contributed by atoms with Crippen molar-refractivity contribution in [1.82, 2.24) is 0 Å². The number of fused-ring (bicyclic) bond motifs is 1. The largest absolute Gasteiger partial charge is 0.348 e. The zero-order valence-corrected chi connectivity index (χ0v) is 14.1. The van der Waals surface area contributed by atoms with Gasteiger partial charge in [-0.05, 0) is 27.7 Å². The van der Waals surface area contributed by atoms with Crippen LogP contribution in [0, 0.1) is 0 Å². The summed E-state index contributed by atoms with van der Waals surface area (Å²) in [5, 5.41) is 0. The van der Waals surface area contributed by atoms with Gasteiger partial charge in [0.2, 0.25) is 0 Å². The Hall–Kier alpha value is -0.290. The second-order valence-corrected chi connectivity index (χ2v) is 8.30. The molecule has 0 bridgehead atoms. The summed E-state index contributed by atoms with van der Waals surface area (Å²) >= 11 is 0. The van der Waals surface area contributed by atoms with E-state index in [1.54, 1.807) is 27.7 Å². The Morgan fingerprint density at radius 2 is 1.68 bits per heavy atom. The van der Waals surface area contributed by atoms with Crippen molar-refractivity contribution in [2.24, 2.45) is 0 Å². The fourth-order valence-electron chi connectivity index (χ4n) is 2.99. The average Bonchev–Trinajstić information content (AvgIpc) is 2.89. The lowest BCUT2D eigenvalue weighted by atomic mass is 10.1. The van der Waals surface area contributed by atoms with E-state index in [0.717, 1.165) is 6.26 Å².